The van der Waals surface area contributed by atoms with Crippen molar-refractivity contribution in [2.24, 2.45) is 0 Å². The molecule has 9 heteroatoms. The summed E-state index contributed by atoms with van der Waals surface area (Å²) in [6.07, 6.45) is 3.30. The first-order valence-electron chi connectivity index (χ1n) is 7.79. The van der Waals surface area contributed by atoms with Crippen LogP contribution in [0.2, 0.25) is 0 Å². The second-order valence-electron chi connectivity index (χ2n) is 5.72. The van der Waals surface area contributed by atoms with Gasteiger partial charge in [0.15, 0.2) is 5.82 Å². The van der Waals surface area contributed by atoms with Gasteiger partial charge in [0, 0.05) is 19.3 Å². The van der Waals surface area contributed by atoms with E-state index in [2.05, 4.69) is 30.5 Å². The molecule has 1 aliphatic rings. The average Bonchev–Trinajstić information content (AvgIpc) is 3.41. The van der Waals surface area contributed by atoms with E-state index in [1.165, 1.54) is 0 Å². The Labute approximate surface area is 141 Å². The van der Waals surface area contributed by atoms with Crippen LogP contribution in [-0.4, -0.2) is 41.9 Å². The van der Waals surface area contributed by atoms with Gasteiger partial charge in [-0.15, -0.1) is 10.2 Å². The Kier molecular flexibility index (Phi) is 4.91. The Morgan fingerprint density at radius 1 is 1.04 bits per heavy atom. The lowest BCUT2D eigenvalue weighted by Crippen LogP contribution is -2.31. The summed E-state index contributed by atoms with van der Waals surface area (Å²) in [6.45, 7) is 2.75. The number of aryl methyl sites for hydroxylation is 1. The van der Waals surface area contributed by atoms with E-state index in [1.54, 1.807) is 18.3 Å². The molecule has 0 atom stereocenters. The molecule has 2 aromatic rings. The first-order chi connectivity index (χ1) is 11.5. The van der Waals surface area contributed by atoms with Crippen molar-refractivity contribution >= 4 is 27.5 Å². The average molecular weight is 348 g/mol. The number of aromatic nitrogens is 3. The number of sulfonamides is 1. The minimum absolute atomic E-state index is 0.196. The van der Waals surface area contributed by atoms with E-state index in [0.29, 0.717) is 30.5 Å². The summed E-state index contributed by atoms with van der Waals surface area (Å²) in [6, 6.07) is 7.39. The fourth-order valence-electron chi connectivity index (χ4n) is 2.05. The second kappa shape index (κ2) is 7.10. The van der Waals surface area contributed by atoms with Crippen molar-refractivity contribution in [2.75, 3.05) is 23.7 Å². The molecule has 128 valence electrons. The molecule has 3 rings (SSSR count). The van der Waals surface area contributed by atoms with Gasteiger partial charge in [0.05, 0.1) is 5.25 Å². The molecule has 2 aromatic heterocycles. The first kappa shape index (κ1) is 16.6. The van der Waals surface area contributed by atoms with E-state index in [1.807, 2.05) is 19.1 Å². The van der Waals surface area contributed by atoms with Gasteiger partial charge >= 0.3 is 0 Å². The third-order valence-electron chi connectivity index (χ3n) is 3.53. The molecule has 0 radical (unpaired) electrons. The Morgan fingerprint density at radius 2 is 1.75 bits per heavy atom. The Bertz CT molecular complexity index is 773. The van der Waals surface area contributed by atoms with Crippen molar-refractivity contribution in [2.45, 2.75) is 25.0 Å². The number of hydrogen-bond acceptors (Lipinski definition) is 7. The lowest BCUT2D eigenvalue weighted by molar-refractivity contribution is 0.581. The molecule has 8 nitrogen and oxygen atoms in total. The van der Waals surface area contributed by atoms with Crippen LogP contribution in [0.5, 0.6) is 0 Å². The number of anilines is 3. The molecule has 3 N–H and O–H groups in total. The van der Waals surface area contributed by atoms with Crippen molar-refractivity contribution in [1.82, 2.24) is 19.9 Å². The highest BCUT2D eigenvalue weighted by Crippen LogP contribution is 2.27. The maximum absolute atomic E-state index is 11.7. The van der Waals surface area contributed by atoms with Gasteiger partial charge in [0.25, 0.3) is 0 Å². The van der Waals surface area contributed by atoms with Crippen molar-refractivity contribution in [3.8, 4) is 0 Å². The van der Waals surface area contributed by atoms with Crippen LogP contribution >= 0.6 is 0 Å². The van der Waals surface area contributed by atoms with Crippen LogP contribution in [0.4, 0.5) is 17.5 Å². The largest absolute Gasteiger partial charge is 0.367 e. The van der Waals surface area contributed by atoms with Crippen LogP contribution in [-0.2, 0) is 10.0 Å². The smallest absolute Gasteiger partial charge is 0.214 e. The lowest BCUT2D eigenvalue weighted by Gasteiger charge is -2.08. The molecular formula is C15H20N6O2S. The number of nitrogens with zero attached hydrogens (tertiary/aromatic N) is 3. The van der Waals surface area contributed by atoms with Crippen molar-refractivity contribution in [3.05, 3.63) is 36.0 Å². The van der Waals surface area contributed by atoms with Gasteiger partial charge in [-0.05, 0) is 43.5 Å². The summed E-state index contributed by atoms with van der Waals surface area (Å²) < 4.78 is 25.9. The topological polar surface area (TPSA) is 109 Å². The van der Waals surface area contributed by atoms with E-state index in [9.17, 15) is 8.42 Å². The Balaban J connectivity index is 1.45. The van der Waals surface area contributed by atoms with Gasteiger partial charge in [-0.1, -0.05) is 6.07 Å². The first-order valence-corrected chi connectivity index (χ1v) is 9.33. The minimum Gasteiger partial charge on any atom is -0.367 e. The zero-order valence-corrected chi connectivity index (χ0v) is 14.2. The third-order valence-corrected chi connectivity index (χ3v) is 5.49. The third kappa shape index (κ3) is 4.62. The molecule has 0 unspecified atom stereocenters. The molecule has 0 spiro atoms. The zero-order chi connectivity index (χ0) is 17.0. The van der Waals surface area contributed by atoms with Gasteiger partial charge < -0.3 is 10.6 Å². The predicted molar refractivity (Wildman–Crippen MR) is 92.7 cm³/mol. The molecule has 0 aliphatic heterocycles. The highest BCUT2D eigenvalue weighted by molar-refractivity contribution is 7.90. The van der Waals surface area contributed by atoms with Crippen molar-refractivity contribution in [3.63, 3.8) is 0 Å². The summed E-state index contributed by atoms with van der Waals surface area (Å²) >= 11 is 0. The summed E-state index contributed by atoms with van der Waals surface area (Å²) in [7, 11) is -3.13. The number of nitrogens with one attached hydrogen (secondary N) is 3. The monoisotopic (exact) mass is 348 g/mol. The Morgan fingerprint density at radius 3 is 2.38 bits per heavy atom. The van der Waals surface area contributed by atoms with Crippen molar-refractivity contribution < 1.29 is 8.42 Å². The van der Waals surface area contributed by atoms with Gasteiger partial charge in [-0.25, -0.2) is 18.1 Å². The van der Waals surface area contributed by atoms with Gasteiger partial charge in [0.1, 0.15) is 11.6 Å². The maximum Gasteiger partial charge on any atom is 0.214 e. The van der Waals surface area contributed by atoms with Gasteiger partial charge in [-0.2, -0.15) is 0 Å². The van der Waals surface area contributed by atoms with Crippen LogP contribution in [0.1, 0.15) is 18.4 Å². The fourth-order valence-corrected chi connectivity index (χ4v) is 3.43. The van der Waals surface area contributed by atoms with Crippen LogP contribution in [0.15, 0.2) is 30.5 Å². The van der Waals surface area contributed by atoms with E-state index in [4.69, 9.17) is 0 Å². The highest BCUT2D eigenvalue weighted by Gasteiger charge is 2.35. The van der Waals surface area contributed by atoms with E-state index >= 15 is 0 Å². The lowest BCUT2D eigenvalue weighted by atomic mass is 10.3. The molecule has 1 saturated carbocycles. The zero-order valence-electron chi connectivity index (χ0n) is 13.4. The van der Waals surface area contributed by atoms with E-state index < -0.39 is 10.0 Å². The number of rotatable bonds is 8. The minimum atomic E-state index is -3.13. The highest BCUT2D eigenvalue weighted by atomic mass is 32.2. The molecule has 1 fully saturated rings. The van der Waals surface area contributed by atoms with E-state index in [0.717, 1.165) is 18.4 Å². The Hall–Kier alpha value is -2.26. The molecule has 0 amide bonds. The predicted octanol–water partition coefficient (Wildman–Crippen LogP) is 1.42. The normalized spacial score (nSPS) is 14.4. The second-order valence-corrected chi connectivity index (χ2v) is 7.76. The van der Waals surface area contributed by atoms with Crippen LogP contribution in [0, 0.1) is 6.92 Å². The molecule has 1 aliphatic carbocycles. The SMILES string of the molecule is Cc1ccc(Nc2ccc(NCCNS(=O)(=O)C3CC3)nn2)nc1. The summed E-state index contributed by atoms with van der Waals surface area (Å²) in [5.41, 5.74) is 1.09. The van der Waals surface area contributed by atoms with Crippen LogP contribution in [0.25, 0.3) is 0 Å². The summed E-state index contributed by atoms with van der Waals surface area (Å²) in [4.78, 5) is 4.24. The maximum atomic E-state index is 11.7. The molecular weight excluding hydrogens is 328 g/mol. The molecule has 0 bridgehead atoms. The van der Waals surface area contributed by atoms with E-state index in [-0.39, 0.29) is 5.25 Å². The number of hydrogen-bond donors (Lipinski definition) is 3. The molecule has 2 heterocycles. The van der Waals surface area contributed by atoms with Crippen LogP contribution < -0.4 is 15.4 Å². The fraction of sp³-hybridized carbons (Fsp3) is 0.400. The van der Waals surface area contributed by atoms with Crippen molar-refractivity contribution in [1.29, 1.82) is 0 Å². The summed E-state index contributed by atoms with van der Waals surface area (Å²) in [5, 5.41) is 14.0. The molecule has 0 saturated heterocycles. The molecule has 24 heavy (non-hydrogen) atoms. The van der Waals surface area contributed by atoms with Gasteiger partial charge in [0.2, 0.25) is 10.0 Å². The summed E-state index contributed by atoms with van der Waals surface area (Å²) in [5.74, 6) is 1.87. The standard InChI is InChI=1S/C15H20N6O2S/c1-11-2-5-13(17-10-11)19-15-7-6-14(20-21-15)16-8-9-18-24(22,23)12-3-4-12/h2,5-7,10,12,18H,3-4,8-9H2,1H3,(H,16,20)(H,17,19,21). The quantitative estimate of drug-likeness (QED) is 0.619. The molecule has 0 aromatic carbocycles. The number of pyridine rings is 1. The van der Waals surface area contributed by atoms with Crippen LogP contribution in [0.3, 0.4) is 0 Å². The van der Waals surface area contributed by atoms with Gasteiger partial charge in [-0.3, -0.25) is 0 Å².